The standard InChI is InChI=1S/C9H4F3NOS/c10-9(11,12)7-3-1-6(2-4-7)8(14)13-5-15/h1-4H. The quantitative estimate of drug-likeness (QED) is 0.549. The lowest BCUT2D eigenvalue weighted by atomic mass is 10.1. The molecule has 0 heterocycles. The van der Waals surface area contributed by atoms with Gasteiger partial charge in [0.2, 0.25) is 0 Å². The van der Waals surface area contributed by atoms with Gasteiger partial charge < -0.3 is 0 Å². The Morgan fingerprint density at radius 3 is 2.20 bits per heavy atom. The molecule has 6 heteroatoms. The van der Waals surface area contributed by atoms with Gasteiger partial charge in [0.1, 0.15) is 0 Å². The van der Waals surface area contributed by atoms with E-state index in [1.807, 2.05) is 5.16 Å². The zero-order valence-corrected chi connectivity index (χ0v) is 8.02. The highest BCUT2D eigenvalue weighted by atomic mass is 32.1. The van der Waals surface area contributed by atoms with Gasteiger partial charge in [-0.05, 0) is 36.5 Å². The first-order valence-corrected chi connectivity index (χ1v) is 4.15. The van der Waals surface area contributed by atoms with Crippen molar-refractivity contribution in [2.24, 2.45) is 4.99 Å². The molecule has 1 rings (SSSR count). The van der Waals surface area contributed by atoms with Crippen LogP contribution in [-0.2, 0) is 6.18 Å². The fourth-order valence-electron chi connectivity index (χ4n) is 0.908. The third-order valence-corrected chi connectivity index (χ3v) is 1.70. The van der Waals surface area contributed by atoms with E-state index in [0.29, 0.717) is 0 Å². The van der Waals surface area contributed by atoms with Crippen molar-refractivity contribution in [3.05, 3.63) is 35.4 Å². The molecule has 1 amide bonds. The number of isothiocyanates is 1. The molecule has 1 aromatic carbocycles. The maximum atomic E-state index is 12.1. The van der Waals surface area contributed by atoms with Gasteiger partial charge in [0.25, 0.3) is 5.91 Å². The van der Waals surface area contributed by atoms with E-state index in [1.54, 1.807) is 0 Å². The first-order chi connectivity index (χ1) is 6.95. The molecular formula is C9H4F3NOS. The number of hydrogen-bond acceptors (Lipinski definition) is 2. The maximum absolute atomic E-state index is 12.1. The molecule has 1 aromatic rings. The number of rotatable bonds is 1. The van der Waals surface area contributed by atoms with Crippen LogP contribution < -0.4 is 0 Å². The largest absolute Gasteiger partial charge is 0.416 e. The van der Waals surface area contributed by atoms with Crippen LogP contribution in [0.5, 0.6) is 0 Å². The van der Waals surface area contributed by atoms with Crippen molar-refractivity contribution in [2.75, 3.05) is 0 Å². The third-order valence-electron chi connectivity index (χ3n) is 1.61. The summed E-state index contributed by atoms with van der Waals surface area (Å²) in [5.41, 5.74) is -0.772. The first kappa shape index (κ1) is 11.6. The molecule has 0 aliphatic heterocycles. The molecule has 0 spiro atoms. The Labute approximate surface area is 88.4 Å². The van der Waals surface area contributed by atoms with Crippen LogP contribution in [0.15, 0.2) is 29.3 Å². The molecular weight excluding hydrogens is 227 g/mol. The minimum absolute atomic E-state index is 0.0420. The lowest BCUT2D eigenvalue weighted by Gasteiger charge is -2.05. The van der Waals surface area contributed by atoms with Gasteiger partial charge >= 0.3 is 6.18 Å². The van der Waals surface area contributed by atoms with Gasteiger partial charge in [-0.15, -0.1) is 0 Å². The molecule has 0 saturated carbocycles. The van der Waals surface area contributed by atoms with E-state index in [1.165, 1.54) is 0 Å². The van der Waals surface area contributed by atoms with Crippen LogP contribution in [0.2, 0.25) is 0 Å². The number of aliphatic imine (C=N–C) groups is 1. The number of hydrogen-bond donors (Lipinski definition) is 0. The van der Waals surface area contributed by atoms with Gasteiger partial charge in [0.05, 0.1) is 10.7 Å². The van der Waals surface area contributed by atoms with Crippen LogP contribution in [-0.4, -0.2) is 11.1 Å². The Morgan fingerprint density at radius 2 is 1.80 bits per heavy atom. The molecule has 15 heavy (non-hydrogen) atoms. The van der Waals surface area contributed by atoms with Crippen molar-refractivity contribution in [1.82, 2.24) is 0 Å². The Kier molecular flexibility index (Phi) is 3.34. The average molecular weight is 231 g/mol. The second-order valence-electron chi connectivity index (χ2n) is 2.58. The normalized spacial score (nSPS) is 10.6. The van der Waals surface area contributed by atoms with E-state index < -0.39 is 17.6 Å². The molecule has 0 unspecified atom stereocenters. The van der Waals surface area contributed by atoms with Gasteiger partial charge in [-0.3, -0.25) is 4.79 Å². The summed E-state index contributed by atoms with van der Waals surface area (Å²) in [6.45, 7) is 0. The van der Waals surface area contributed by atoms with E-state index in [2.05, 4.69) is 17.2 Å². The molecule has 0 aliphatic carbocycles. The predicted molar refractivity (Wildman–Crippen MR) is 50.8 cm³/mol. The number of benzene rings is 1. The number of carbonyl (C=O) groups excluding carboxylic acids is 1. The van der Waals surface area contributed by atoms with Crippen LogP contribution >= 0.6 is 12.2 Å². The number of alkyl halides is 3. The summed E-state index contributed by atoms with van der Waals surface area (Å²) in [7, 11) is 0. The van der Waals surface area contributed by atoms with Gasteiger partial charge in [-0.2, -0.15) is 18.2 Å². The molecule has 0 aromatic heterocycles. The van der Waals surface area contributed by atoms with Crippen LogP contribution in [0.1, 0.15) is 15.9 Å². The smallest absolute Gasteiger partial charge is 0.266 e. The lowest BCUT2D eigenvalue weighted by Crippen LogP contribution is -2.05. The molecule has 0 aliphatic rings. The van der Waals surface area contributed by atoms with Crippen LogP contribution in [0.25, 0.3) is 0 Å². The number of thiocarbonyl (C=S) groups is 1. The Bertz CT molecular complexity index is 418. The SMILES string of the molecule is O=C(N=C=S)c1ccc(C(F)(F)F)cc1. The van der Waals surface area contributed by atoms with Crippen LogP contribution in [0, 0.1) is 0 Å². The molecule has 2 nitrogen and oxygen atoms in total. The van der Waals surface area contributed by atoms with Gasteiger partial charge in [0, 0.05) is 5.56 Å². The molecule has 0 radical (unpaired) electrons. The number of nitrogens with zero attached hydrogens (tertiary/aromatic N) is 1. The van der Waals surface area contributed by atoms with Crippen molar-refractivity contribution < 1.29 is 18.0 Å². The monoisotopic (exact) mass is 231 g/mol. The number of carbonyl (C=O) groups is 1. The molecule has 0 N–H and O–H groups in total. The molecule has 78 valence electrons. The number of halogens is 3. The highest BCUT2D eigenvalue weighted by molar-refractivity contribution is 7.78. The van der Waals surface area contributed by atoms with Crippen LogP contribution in [0.4, 0.5) is 13.2 Å². The van der Waals surface area contributed by atoms with E-state index in [0.717, 1.165) is 24.3 Å². The maximum Gasteiger partial charge on any atom is 0.416 e. The summed E-state index contributed by atoms with van der Waals surface area (Å²) in [6.07, 6.45) is -4.41. The van der Waals surface area contributed by atoms with Gasteiger partial charge in [0.15, 0.2) is 0 Å². The Morgan fingerprint density at radius 1 is 1.27 bits per heavy atom. The first-order valence-electron chi connectivity index (χ1n) is 3.74. The summed E-state index contributed by atoms with van der Waals surface area (Å²) in [5.74, 6) is -0.710. The minimum Gasteiger partial charge on any atom is -0.266 e. The second kappa shape index (κ2) is 4.33. The second-order valence-corrected chi connectivity index (χ2v) is 2.77. The fraction of sp³-hybridized carbons (Fsp3) is 0.111. The zero-order valence-electron chi connectivity index (χ0n) is 7.21. The summed E-state index contributed by atoms with van der Waals surface area (Å²) in [6, 6.07) is 3.71. The fourth-order valence-corrected chi connectivity index (χ4v) is 0.991. The third kappa shape index (κ3) is 2.97. The Balaban J connectivity index is 3.00. The zero-order chi connectivity index (χ0) is 11.5. The van der Waals surface area contributed by atoms with E-state index in [-0.39, 0.29) is 5.56 Å². The minimum atomic E-state index is -4.41. The van der Waals surface area contributed by atoms with Crippen molar-refractivity contribution in [1.29, 1.82) is 0 Å². The van der Waals surface area contributed by atoms with E-state index in [9.17, 15) is 18.0 Å². The lowest BCUT2D eigenvalue weighted by molar-refractivity contribution is -0.137. The molecule has 0 bridgehead atoms. The van der Waals surface area contributed by atoms with Crippen molar-refractivity contribution >= 4 is 23.3 Å². The summed E-state index contributed by atoms with van der Waals surface area (Å²) < 4.78 is 36.4. The van der Waals surface area contributed by atoms with E-state index in [4.69, 9.17) is 0 Å². The highest BCUT2D eigenvalue weighted by Crippen LogP contribution is 2.29. The van der Waals surface area contributed by atoms with Gasteiger partial charge in [-0.25, -0.2) is 0 Å². The van der Waals surface area contributed by atoms with Crippen molar-refractivity contribution in [2.45, 2.75) is 6.18 Å². The van der Waals surface area contributed by atoms with Gasteiger partial charge in [-0.1, -0.05) is 0 Å². The van der Waals surface area contributed by atoms with Crippen molar-refractivity contribution in [3.63, 3.8) is 0 Å². The topological polar surface area (TPSA) is 29.4 Å². The summed E-state index contributed by atoms with van der Waals surface area (Å²) in [4.78, 5) is 14.2. The predicted octanol–water partition coefficient (Wildman–Crippen LogP) is 2.95. The molecule has 0 atom stereocenters. The molecule has 0 fully saturated rings. The molecule has 0 saturated heterocycles. The average Bonchev–Trinajstić information content (AvgIpc) is 2.17. The van der Waals surface area contributed by atoms with Crippen molar-refractivity contribution in [3.8, 4) is 0 Å². The highest BCUT2D eigenvalue weighted by Gasteiger charge is 2.30. The van der Waals surface area contributed by atoms with E-state index >= 15 is 0 Å². The summed E-state index contributed by atoms with van der Waals surface area (Å²) in [5, 5.41) is 1.85. The number of amides is 1. The summed E-state index contributed by atoms with van der Waals surface area (Å²) >= 11 is 4.20. The van der Waals surface area contributed by atoms with Crippen LogP contribution in [0.3, 0.4) is 0 Å². The Hall–Kier alpha value is -1.52.